The van der Waals surface area contributed by atoms with E-state index in [0.717, 1.165) is 16.9 Å². The van der Waals surface area contributed by atoms with E-state index < -0.39 is 36.7 Å². The Labute approximate surface area is 222 Å². The minimum Gasteiger partial charge on any atom is -0.490 e. The summed E-state index contributed by atoms with van der Waals surface area (Å²) in [6.07, 6.45) is -0.125. The van der Waals surface area contributed by atoms with Crippen molar-refractivity contribution in [3.05, 3.63) is 91.0 Å². The number of benzene rings is 2. The van der Waals surface area contributed by atoms with E-state index in [1.54, 1.807) is 42.5 Å². The molecule has 2 aromatic rings. The molecule has 0 amide bonds. The second-order valence-corrected chi connectivity index (χ2v) is 8.51. The van der Waals surface area contributed by atoms with Gasteiger partial charge in [-0.3, -0.25) is 0 Å². The van der Waals surface area contributed by atoms with Gasteiger partial charge in [-0.25, -0.2) is 4.79 Å². The van der Waals surface area contributed by atoms with E-state index in [1.165, 1.54) is 6.08 Å². The Hall–Kier alpha value is -3.47. The van der Waals surface area contributed by atoms with Crippen LogP contribution in [0.25, 0.3) is 6.08 Å². The van der Waals surface area contributed by atoms with Crippen LogP contribution >= 0.6 is 0 Å². The zero-order valence-electron chi connectivity index (χ0n) is 21.1. The monoisotopic (exact) mass is 526 g/mol. The highest BCUT2D eigenvalue weighted by Crippen LogP contribution is 2.23. The summed E-state index contributed by atoms with van der Waals surface area (Å²) in [6, 6.07) is 14.5. The second-order valence-electron chi connectivity index (χ2n) is 8.51. The first-order valence-corrected chi connectivity index (χ1v) is 12.2. The third-order valence-corrected chi connectivity index (χ3v) is 5.68. The van der Waals surface area contributed by atoms with Gasteiger partial charge in [0.05, 0.1) is 6.61 Å². The first-order chi connectivity index (χ1) is 18.4. The lowest BCUT2D eigenvalue weighted by molar-refractivity contribution is -0.301. The van der Waals surface area contributed by atoms with Crippen LogP contribution in [0.2, 0.25) is 0 Å². The molecule has 1 aliphatic rings. The molecule has 38 heavy (non-hydrogen) atoms. The molecule has 0 bridgehead atoms. The molecule has 204 valence electrons. The molecular weight excluding hydrogens is 492 g/mol. The molecule has 9 nitrogen and oxygen atoms in total. The van der Waals surface area contributed by atoms with E-state index in [-0.39, 0.29) is 13.2 Å². The van der Waals surface area contributed by atoms with Crippen LogP contribution in [-0.2, 0) is 25.4 Å². The molecule has 1 aliphatic heterocycles. The lowest BCUT2D eigenvalue weighted by atomic mass is 9.99. The zero-order chi connectivity index (χ0) is 27.3. The zero-order valence-corrected chi connectivity index (χ0v) is 21.1. The second kappa shape index (κ2) is 15.1. The number of aliphatic hydroxyl groups is 3. The smallest absolute Gasteiger partial charge is 0.330 e. The number of hydrogen-bond donors (Lipinski definition) is 3. The maximum atomic E-state index is 12.2. The fourth-order valence-corrected chi connectivity index (χ4v) is 3.60. The quantitative estimate of drug-likeness (QED) is 0.193. The van der Waals surface area contributed by atoms with Gasteiger partial charge in [0.15, 0.2) is 6.29 Å². The van der Waals surface area contributed by atoms with Crippen molar-refractivity contribution in [2.24, 2.45) is 0 Å². The Balaban J connectivity index is 1.46. The fraction of sp³-hybridized carbons (Fsp3) is 0.345. The molecule has 0 spiro atoms. The van der Waals surface area contributed by atoms with Crippen LogP contribution in [0.4, 0.5) is 0 Å². The van der Waals surface area contributed by atoms with Crippen molar-refractivity contribution >= 4 is 12.0 Å². The van der Waals surface area contributed by atoms with E-state index >= 15 is 0 Å². The first-order valence-electron chi connectivity index (χ1n) is 12.2. The molecule has 5 atom stereocenters. The molecule has 1 heterocycles. The van der Waals surface area contributed by atoms with Gasteiger partial charge < -0.3 is 39.0 Å². The Morgan fingerprint density at radius 3 is 2.08 bits per heavy atom. The number of esters is 1. The average Bonchev–Trinajstić information content (AvgIpc) is 2.94. The SMILES string of the molecule is C=CCOc1ccc(/C=C/C(=O)OC[C@H]2O[C@@H](OCCc3ccc(OCC=C)cc3)[C@H](O)[C@@H](O)[C@@H]2O)cc1. The molecule has 0 saturated carbocycles. The van der Waals surface area contributed by atoms with E-state index in [1.807, 2.05) is 24.3 Å². The highest BCUT2D eigenvalue weighted by Gasteiger charge is 2.44. The van der Waals surface area contributed by atoms with E-state index in [9.17, 15) is 20.1 Å². The molecule has 3 N–H and O–H groups in total. The summed E-state index contributed by atoms with van der Waals surface area (Å²) in [5.41, 5.74) is 1.73. The molecular formula is C29H34O9. The largest absolute Gasteiger partial charge is 0.490 e. The number of hydrogen-bond acceptors (Lipinski definition) is 9. The van der Waals surface area contributed by atoms with Crippen molar-refractivity contribution in [3.63, 3.8) is 0 Å². The van der Waals surface area contributed by atoms with Crippen molar-refractivity contribution in [2.75, 3.05) is 26.4 Å². The number of aliphatic hydroxyl groups excluding tert-OH is 3. The maximum absolute atomic E-state index is 12.2. The molecule has 3 rings (SSSR count). The number of ether oxygens (including phenoxy) is 5. The lowest BCUT2D eigenvalue weighted by Gasteiger charge is -2.39. The van der Waals surface area contributed by atoms with Crippen LogP contribution in [-0.4, -0.2) is 78.4 Å². The van der Waals surface area contributed by atoms with Crippen LogP contribution in [0, 0.1) is 0 Å². The van der Waals surface area contributed by atoms with Crippen LogP contribution in [0.1, 0.15) is 11.1 Å². The van der Waals surface area contributed by atoms with Gasteiger partial charge in [-0.2, -0.15) is 0 Å². The molecule has 0 unspecified atom stereocenters. The topological polar surface area (TPSA) is 124 Å². The van der Waals surface area contributed by atoms with Gasteiger partial charge in [-0.1, -0.05) is 49.6 Å². The van der Waals surface area contributed by atoms with Gasteiger partial charge in [0.25, 0.3) is 0 Å². The van der Waals surface area contributed by atoms with Gasteiger partial charge in [0.2, 0.25) is 0 Å². The van der Waals surface area contributed by atoms with Gasteiger partial charge >= 0.3 is 5.97 Å². The number of carbonyl (C=O) groups is 1. The molecule has 1 saturated heterocycles. The summed E-state index contributed by atoms with van der Waals surface area (Å²) in [7, 11) is 0. The Morgan fingerprint density at radius 2 is 1.47 bits per heavy atom. The van der Waals surface area contributed by atoms with E-state index in [0.29, 0.717) is 25.4 Å². The Bertz CT molecular complexity index is 1050. The summed E-state index contributed by atoms with van der Waals surface area (Å²) in [6.45, 7) is 7.86. The molecule has 0 aromatic heterocycles. The van der Waals surface area contributed by atoms with Gasteiger partial charge in [-0.15, -0.1) is 0 Å². The lowest BCUT2D eigenvalue weighted by Crippen LogP contribution is -2.59. The highest BCUT2D eigenvalue weighted by atomic mass is 16.7. The standard InChI is InChI=1S/C29H34O9/c1-3-16-34-22-10-5-20(6-11-22)9-14-25(30)37-19-24-26(31)27(32)28(33)29(38-24)36-18-15-21-7-12-23(13-8-21)35-17-4-2/h3-14,24,26-29,31-33H,1-2,15-19H2/b14-9+/t24-,26-,27+,28-,29-/m1/s1. The summed E-state index contributed by atoms with van der Waals surface area (Å²) in [5.74, 6) is 0.737. The fourth-order valence-electron chi connectivity index (χ4n) is 3.60. The molecule has 1 fully saturated rings. The minimum absolute atomic E-state index is 0.185. The van der Waals surface area contributed by atoms with Gasteiger partial charge in [0, 0.05) is 6.08 Å². The summed E-state index contributed by atoms with van der Waals surface area (Å²) < 4.78 is 27.3. The van der Waals surface area contributed by atoms with Crippen molar-refractivity contribution < 1.29 is 43.8 Å². The maximum Gasteiger partial charge on any atom is 0.330 e. The summed E-state index contributed by atoms with van der Waals surface area (Å²) in [5, 5.41) is 30.8. The van der Waals surface area contributed by atoms with Crippen molar-refractivity contribution in [3.8, 4) is 11.5 Å². The molecule has 0 aliphatic carbocycles. The van der Waals surface area contributed by atoms with E-state index in [4.69, 9.17) is 23.7 Å². The van der Waals surface area contributed by atoms with Crippen molar-refractivity contribution in [1.82, 2.24) is 0 Å². The third-order valence-electron chi connectivity index (χ3n) is 5.68. The number of rotatable bonds is 14. The van der Waals surface area contributed by atoms with Crippen LogP contribution < -0.4 is 9.47 Å². The van der Waals surface area contributed by atoms with Crippen LogP contribution in [0.15, 0.2) is 79.9 Å². The third kappa shape index (κ3) is 8.83. The molecule has 2 aromatic carbocycles. The highest BCUT2D eigenvalue weighted by molar-refractivity contribution is 5.87. The Kier molecular flexibility index (Phi) is 11.5. The normalized spacial score (nSPS) is 23.1. The molecule has 0 radical (unpaired) electrons. The molecule has 9 heteroatoms. The summed E-state index contributed by atoms with van der Waals surface area (Å²) >= 11 is 0. The van der Waals surface area contributed by atoms with Gasteiger partial charge in [-0.05, 0) is 47.9 Å². The average molecular weight is 527 g/mol. The minimum atomic E-state index is -1.53. The Morgan fingerprint density at radius 1 is 0.868 bits per heavy atom. The van der Waals surface area contributed by atoms with Crippen molar-refractivity contribution in [2.45, 2.75) is 37.1 Å². The first kappa shape index (κ1) is 29.1. The van der Waals surface area contributed by atoms with Gasteiger partial charge in [0.1, 0.15) is 55.7 Å². The predicted molar refractivity (Wildman–Crippen MR) is 141 cm³/mol. The van der Waals surface area contributed by atoms with Crippen molar-refractivity contribution in [1.29, 1.82) is 0 Å². The predicted octanol–water partition coefficient (Wildman–Crippen LogP) is 2.44. The number of carbonyl (C=O) groups excluding carboxylic acids is 1. The summed E-state index contributed by atoms with van der Waals surface area (Å²) in [4.78, 5) is 12.2. The van der Waals surface area contributed by atoms with Crippen LogP contribution in [0.3, 0.4) is 0 Å². The van der Waals surface area contributed by atoms with E-state index in [2.05, 4.69) is 13.2 Å². The van der Waals surface area contributed by atoms with Crippen LogP contribution in [0.5, 0.6) is 11.5 Å².